The molecule has 1 saturated carbocycles. The number of thiazole rings is 1. The Morgan fingerprint density at radius 2 is 2.00 bits per heavy atom. The lowest BCUT2D eigenvalue weighted by molar-refractivity contribution is -0.255. The van der Waals surface area contributed by atoms with E-state index in [0.29, 0.717) is 49.3 Å². The maximum absolute atomic E-state index is 13.7. The third kappa shape index (κ3) is 5.42. The molecule has 0 spiro atoms. The topological polar surface area (TPSA) is 108 Å². The number of alkyl halides is 3. The average Bonchev–Trinajstić information content (AvgIpc) is 3.68. The van der Waals surface area contributed by atoms with Crippen LogP contribution in [0.25, 0.3) is 15.8 Å². The van der Waals surface area contributed by atoms with E-state index >= 15 is 0 Å². The number of morpholine rings is 1. The molecule has 210 valence electrons. The Morgan fingerprint density at radius 1 is 1.21 bits per heavy atom. The number of ether oxygens (including phenoxy) is 1. The van der Waals surface area contributed by atoms with Crippen LogP contribution in [0.5, 0.6) is 0 Å². The Morgan fingerprint density at radius 3 is 2.69 bits per heavy atom. The maximum Gasteiger partial charge on any atom is 0.493 e. The molecule has 4 aliphatic rings. The van der Waals surface area contributed by atoms with E-state index in [1.165, 1.54) is 11.3 Å². The van der Waals surface area contributed by atoms with E-state index in [0.717, 1.165) is 47.6 Å². The first-order valence-corrected chi connectivity index (χ1v) is 13.9. The van der Waals surface area contributed by atoms with Gasteiger partial charge in [0.2, 0.25) is 0 Å². The zero-order chi connectivity index (χ0) is 27.1. The van der Waals surface area contributed by atoms with Crippen LogP contribution in [0.15, 0.2) is 24.0 Å². The van der Waals surface area contributed by atoms with Gasteiger partial charge < -0.3 is 25.5 Å². The molecular formula is C25H29F3N6O4S. The normalized spacial score (nSPS) is 25.1. The van der Waals surface area contributed by atoms with Crippen LogP contribution in [0.2, 0.25) is 0 Å². The summed E-state index contributed by atoms with van der Waals surface area (Å²) >= 11 is 1.32. The molecule has 3 N–H and O–H groups in total. The summed E-state index contributed by atoms with van der Waals surface area (Å²) in [4.78, 5) is 37.4. The summed E-state index contributed by atoms with van der Waals surface area (Å²) in [5.74, 6) is -2.45. The fourth-order valence-corrected chi connectivity index (χ4v) is 6.38. The molecule has 0 radical (unpaired) electrons. The number of carbonyl (C=O) groups is 2. The molecule has 1 amide bonds. The lowest BCUT2D eigenvalue weighted by Gasteiger charge is -2.45. The zero-order valence-corrected chi connectivity index (χ0v) is 21.9. The van der Waals surface area contributed by atoms with Crippen LogP contribution < -0.4 is 16.0 Å². The van der Waals surface area contributed by atoms with Crippen molar-refractivity contribution in [3.05, 3.63) is 34.6 Å². The number of hydrogen-bond acceptors (Lipinski definition) is 10. The van der Waals surface area contributed by atoms with Crippen molar-refractivity contribution in [2.45, 2.75) is 50.1 Å². The third-order valence-corrected chi connectivity index (χ3v) is 8.42. The Bertz CT molecular complexity index is 1280. The molecule has 3 aliphatic heterocycles. The van der Waals surface area contributed by atoms with Crippen LogP contribution >= 0.6 is 11.3 Å². The van der Waals surface area contributed by atoms with Gasteiger partial charge in [-0.15, -0.1) is 11.3 Å². The molecule has 2 aromatic rings. The standard InChI is InChI=1S/C25H29F3N6O4S/c26-25(27,28)23(36)38-34-20(30-15-3-2-8-29-13-15)18(21(35)32-24(34)33-9-11-37-12-10-33)22-31-17-5-1-4-16(14-6-7-14)19(17)39-22/h1,4-5,14-15,24,29-30H,2-3,6-13H2,(H,32,35)/t15-,24?/m1/s1. The number of nitrogens with one attached hydrogen (secondary N) is 3. The predicted molar refractivity (Wildman–Crippen MR) is 136 cm³/mol. The molecule has 6 rings (SSSR count). The summed E-state index contributed by atoms with van der Waals surface area (Å²) in [5.41, 5.74) is 1.92. The second-order valence-corrected chi connectivity index (χ2v) is 11.1. The highest BCUT2D eigenvalue weighted by Crippen LogP contribution is 2.45. The van der Waals surface area contributed by atoms with E-state index in [1.807, 2.05) is 12.1 Å². The van der Waals surface area contributed by atoms with Crippen molar-refractivity contribution in [1.82, 2.24) is 30.9 Å². The quantitative estimate of drug-likeness (QED) is 0.485. The number of benzene rings is 1. The van der Waals surface area contributed by atoms with Crippen LogP contribution in [0.1, 0.15) is 42.2 Å². The van der Waals surface area contributed by atoms with Gasteiger partial charge >= 0.3 is 12.1 Å². The van der Waals surface area contributed by atoms with E-state index in [-0.39, 0.29) is 17.4 Å². The highest BCUT2D eigenvalue weighted by Gasteiger charge is 2.48. The van der Waals surface area contributed by atoms with E-state index in [2.05, 4.69) is 22.0 Å². The Kier molecular flexibility index (Phi) is 7.12. The average molecular weight is 567 g/mol. The van der Waals surface area contributed by atoms with Crippen LogP contribution in [-0.4, -0.2) is 84.7 Å². The van der Waals surface area contributed by atoms with Crippen LogP contribution in [0.4, 0.5) is 13.2 Å². The van der Waals surface area contributed by atoms with Gasteiger partial charge in [0.1, 0.15) is 10.6 Å². The van der Waals surface area contributed by atoms with Crippen LogP contribution in [0, 0.1) is 0 Å². The predicted octanol–water partition coefficient (Wildman–Crippen LogP) is 2.25. The van der Waals surface area contributed by atoms with Crippen molar-refractivity contribution in [3.8, 4) is 0 Å². The fraction of sp³-hybridized carbons (Fsp3) is 0.560. The summed E-state index contributed by atoms with van der Waals surface area (Å²) in [6.07, 6.45) is -2.66. The lowest BCUT2D eigenvalue weighted by atomic mass is 10.1. The first kappa shape index (κ1) is 26.3. The van der Waals surface area contributed by atoms with Gasteiger partial charge in [-0.05, 0) is 49.8 Å². The number of fused-ring (bicyclic) bond motifs is 1. The molecule has 0 bridgehead atoms. The number of rotatable bonds is 6. The number of carbonyl (C=O) groups excluding carboxylic acids is 2. The second kappa shape index (κ2) is 10.6. The minimum Gasteiger partial charge on any atom is -0.379 e. The number of halogens is 3. The molecule has 3 fully saturated rings. The van der Waals surface area contributed by atoms with E-state index in [4.69, 9.17) is 14.6 Å². The molecule has 1 unspecified atom stereocenters. The molecule has 1 aromatic carbocycles. The molecule has 2 saturated heterocycles. The summed E-state index contributed by atoms with van der Waals surface area (Å²) in [6, 6.07) is 5.63. The number of amides is 1. The molecule has 14 heteroatoms. The number of hydroxylamine groups is 2. The van der Waals surface area contributed by atoms with Crippen LogP contribution in [0.3, 0.4) is 0 Å². The molecule has 4 heterocycles. The van der Waals surface area contributed by atoms with E-state index in [9.17, 15) is 22.8 Å². The summed E-state index contributed by atoms with van der Waals surface area (Å²) in [5, 5.41) is 10.5. The van der Waals surface area contributed by atoms with E-state index in [1.54, 1.807) is 4.90 Å². The first-order valence-electron chi connectivity index (χ1n) is 13.1. The van der Waals surface area contributed by atoms with Crippen molar-refractivity contribution in [2.24, 2.45) is 0 Å². The Balaban J connectivity index is 1.47. The van der Waals surface area contributed by atoms with Crippen LogP contribution in [-0.2, 0) is 19.2 Å². The van der Waals surface area contributed by atoms with Gasteiger partial charge in [-0.3, -0.25) is 9.69 Å². The Hall–Kier alpha value is -2.94. The summed E-state index contributed by atoms with van der Waals surface area (Å²) in [6.45, 7) is 2.64. The minimum atomic E-state index is -5.23. The maximum atomic E-state index is 13.7. The fourth-order valence-electron chi connectivity index (χ4n) is 5.18. The molecule has 1 aromatic heterocycles. The SMILES string of the molecule is O=C1NC(N2CCOCC2)N(OC(=O)C(F)(F)F)C(N[C@@H]2CCCNC2)=C1c1nc2cccc(C3CC3)c2s1. The Labute approximate surface area is 226 Å². The summed E-state index contributed by atoms with van der Waals surface area (Å²) in [7, 11) is 0. The first-order chi connectivity index (χ1) is 18.8. The summed E-state index contributed by atoms with van der Waals surface area (Å²) < 4.78 is 46.7. The minimum absolute atomic E-state index is 0.00595. The van der Waals surface area contributed by atoms with Gasteiger partial charge in [0.15, 0.2) is 12.1 Å². The van der Waals surface area contributed by atoms with Crippen molar-refractivity contribution >= 4 is 39.0 Å². The van der Waals surface area contributed by atoms with E-state index < -0.39 is 24.3 Å². The monoisotopic (exact) mass is 566 g/mol. The zero-order valence-electron chi connectivity index (χ0n) is 21.1. The van der Waals surface area contributed by atoms with Gasteiger partial charge in [-0.1, -0.05) is 12.1 Å². The van der Waals surface area contributed by atoms with Crippen molar-refractivity contribution in [1.29, 1.82) is 0 Å². The van der Waals surface area contributed by atoms with Crippen molar-refractivity contribution in [3.63, 3.8) is 0 Å². The number of piperidine rings is 1. The highest BCUT2D eigenvalue weighted by atomic mass is 32.1. The molecule has 10 nitrogen and oxygen atoms in total. The highest BCUT2D eigenvalue weighted by molar-refractivity contribution is 7.20. The van der Waals surface area contributed by atoms with Gasteiger partial charge in [0, 0.05) is 25.7 Å². The van der Waals surface area contributed by atoms with Gasteiger partial charge in [0.25, 0.3) is 5.91 Å². The second-order valence-electron chi connectivity index (χ2n) is 10.1. The smallest absolute Gasteiger partial charge is 0.379 e. The van der Waals surface area contributed by atoms with Crippen molar-refractivity contribution < 1.29 is 32.3 Å². The van der Waals surface area contributed by atoms with Gasteiger partial charge in [-0.2, -0.15) is 18.2 Å². The van der Waals surface area contributed by atoms with Gasteiger partial charge in [0.05, 0.1) is 23.4 Å². The lowest BCUT2D eigenvalue weighted by Crippen LogP contribution is -2.65. The third-order valence-electron chi connectivity index (χ3n) is 7.29. The largest absolute Gasteiger partial charge is 0.493 e. The molecular weight excluding hydrogens is 537 g/mol. The molecule has 39 heavy (non-hydrogen) atoms. The van der Waals surface area contributed by atoms with Gasteiger partial charge in [-0.25, -0.2) is 9.78 Å². The number of hydrogen-bond donors (Lipinski definition) is 3. The van der Waals surface area contributed by atoms with Crippen molar-refractivity contribution in [2.75, 3.05) is 39.4 Å². The molecule has 2 atom stereocenters. The molecule has 1 aliphatic carbocycles. The number of aromatic nitrogens is 1. The number of nitrogens with zero attached hydrogens (tertiary/aromatic N) is 3.